The Morgan fingerprint density at radius 1 is 0.618 bits per heavy atom. The van der Waals surface area contributed by atoms with Crippen molar-refractivity contribution >= 4 is 34.2 Å². The Morgan fingerprint density at radius 3 is 1.74 bits per heavy atom. The molecular weight excluding hydrogens is 424 g/mol. The number of carbonyl (C=O) groups is 2. The van der Waals surface area contributed by atoms with Crippen molar-refractivity contribution in [3.63, 3.8) is 0 Å². The summed E-state index contributed by atoms with van der Waals surface area (Å²) in [7, 11) is 0. The van der Waals surface area contributed by atoms with Crippen LogP contribution in [0.25, 0.3) is 11.0 Å². The van der Waals surface area contributed by atoms with E-state index in [1.54, 1.807) is 30.3 Å². The quantitative estimate of drug-likeness (QED) is 0.315. The van der Waals surface area contributed by atoms with E-state index in [9.17, 15) is 9.59 Å². The van der Waals surface area contributed by atoms with E-state index in [4.69, 9.17) is 4.42 Å². The minimum Gasteiger partial charge on any atom is -0.451 e. The van der Waals surface area contributed by atoms with Gasteiger partial charge in [-0.05, 0) is 47.5 Å². The average Bonchev–Trinajstić information content (AvgIpc) is 3.31. The molecule has 2 N–H and O–H groups in total. The summed E-state index contributed by atoms with van der Waals surface area (Å²) in [6.45, 7) is 0. The fraction of sp³-hybridized carbons (Fsp3) is 0.0345. The number of hydrogen-bond donors (Lipinski definition) is 2. The Bertz CT molecular complexity index is 1350. The van der Waals surface area contributed by atoms with Gasteiger partial charge in [0.2, 0.25) is 5.91 Å². The second kappa shape index (κ2) is 9.46. The summed E-state index contributed by atoms with van der Waals surface area (Å²) in [4.78, 5) is 25.8. The van der Waals surface area contributed by atoms with Crippen molar-refractivity contribution in [2.75, 3.05) is 10.6 Å². The number of para-hydroxylation sites is 1. The van der Waals surface area contributed by atoms with Gasteiger partial charge < -0.3 is 15.1 Å². The lowest BCUT2D eigenvalue weighted by Gasteiger charge is -2.18. The molecule has 0 saturated heterocycles. The monoisotopic (exact) mass is 446 g/mol. The summed E-state index contributed by atoms with van der Waals surface area (Å²) >= 11 is 0. The van der Waals surface area contributed by atoms with Crippen molar-refractivity contribution in [1.82, 2.24) is 0 Å². The molecule has 1 heterocycles. The molecule has 2 amide bonds. The fourth-order valence-corrected chi connectivity index (χ4v) is 3.92. The molecule has 0 radical (unpaired) electrons. The first kappa shape index (κ1) is 21.2. The molecule has 0 spiro atoms. The predicted molar refractivity (Wildman–Crippen MR) is 134 cm³/mol. The van der Waals surface area contributed by atoms with Crippen LogP contribution in [0.4, 0.5) is 11.4 Å². The molecule has 5 nitrogen and oxygen atoms in total. The van der Waals surface area contributed by atoms with Crippen LogP contribution in [-0.4, -0.2) is 11.8 Å². The zero-order chi connectivity index (χ0) is 23.3. The van der Waals surface area contributed by atoms with E-state index in [2.05, 4.69) is 10.6 Å². The van der Waals surface area contributed by atoms with Crippen LogP contribution in [0.15, 0.2) is 120 Å². The predicted octanol–water partition coefficient (Wildman–Crippen LogP) is 6.46. The number of amides is 2. The molecule has 0 aliphatic rings. The van der Waals surface area contributed by atoms with E-state index in [1.165, 1.54) is 0 Å². The molecule has 0 aliphatic carbocycles. The number of hydrogen-bond acceptors (Lipinski definition) is 3. The first-order valence-corrected chi connectivity index (χ1v) is 11.0. The Labute approximate surface area is 197 Å². The van der Waals surface area contributed by atoms with Gasteiger partial charge in [0, 0.05) is 16.8 Å². The summed E-state index contributed by atoms with van der Waals surface area (Å²) in [6, 6.07) is 35.6. The lowest BCUT2D eigenvalue weighted by molar-refractivity contribution is -0.116. The fourth-order valence-electron chi connectivity index (χ4n) is 3.92. The highest BCUT2D eigenvalue weighted by Gasteiger charge is 2.22. The van der Waals surface area contributed by atoms with Gasteiger partial charge in [-0.25, -0.2) is 0 Å². The number of rotatable bonds is 6. The minimum atomic E-state index is -0.435. The molecule has 34 heavy (non-hydrogen) atoms. The molecule has 0 aliphatic heterocycles. The maximum absolute atomic E-state index is 13.3. The van der Waals surface area contributed by atoms with Gasteiger partial charge in [-0.1, -0.05) is 78.9 Å². The van der Waals surface area contributed by atoms with Crippen LogP contribution < -0.4 is 10.6 Å². The second-order valence-electron chi connectivity index (χ2n) is 7.92. The zero-order valence-electron chi connectivity index (χ0n) is 18.3. The largest absolute Gasteiger partial charge is 0.451 e. The van der Waals surface area contributed by atoms with Gasteiger partial charge in [0.15, 0.2) is 5.76 Å². The Hall–Kier alpha value is -4.64. The second-order valence-corrected chi connectivity index (χ2v) is 7.92. The summed E-state index contributed by atoms with van der Waals surface area (Å²) < 4.78 is 5.62. The molecule has 5 heteroatoms. The van der Waals surface area contributed by atoms with Gasteiger partial charge in [-0.15, -0.1) is 0 Å². The topological polar surface area (TPSA) is 71.3 Å². The molecule has 4 aromatic carbocycles. The summed E-state index contributed by atoms with van der Waals surface area (Å²) in [6.07, 6.45) is 0. The lowest BCUT2D eigenvalue weighted by Crippen LogP contribution is -2.22. The summed E-state index contributed by atoms with van der Waals surface area (Å²) in [5.41, 5.74) is 3.74. The molecule has 0 atom stereocenters. The van der Waals surface area contributed by atoms with E-state index in [0.29, 0.717) is 17.0 Å². The molecule has 0 fully saturated rings. The van der Waals surface area contributed by atoms with E-state index in [1.807, 2.05) is 84.9 Å². The Morgan fingerprint density at radius 2 is 1.15 bits per heavy atom. The Balaban J connectivity index is 1.30. The standard InChI is InChI=1S/C29H22N2O3/c32-28(26-19-22-13-7-8-14-25(22)34-26)30-23-15-17-24(18-16-23)31-29(33)27(20-9-3-1-4-10-20)21-11-5-2-6-12-21/h1-19,27H,(H,30,32)(H,31,33). The van der Waals surface area contributed by atoms with Gasteiger partial charge in [-0.2, -0.15) is 0 Å². The van der Waals surface area contributed by atoms with Crippen LogP contribution >= 0.6 is 0 Å². The number of anilines is 2. The normalized spacial score (nSPS) is 10.9. The maximum atomic E-state index is 13.3. The van der Waals surface area contributed by atoms with Crippen LogP contribution in [0.5, 0.6) is 0 Å². The van der Waals surface area contributed by atoms with Crippen molar-refractivity contribution < 1.29 is 14.0 Å². The van der Waals surface area contributed by atoms with Crippen molar-refractivity contribution in [3.8, 4) is 0 Å². The zero-order valence-corrected chi connectivity index (χ0v) is 18.3. The van der Waals surface area contributed by atoms with Crippen LogP contribution in [0.3, 0.4) is 0 Å². The van der Waals surface area contributed by atoms with Gasteiger partial charge in [0.1, 0.15) is 5.58 Å². The maximum Gasteiger partial charge on any atom is 0.291 e. The highest BCUT2D eigenvalue weighted by molar-refractivity contribution is 6.05. The van der Waals surface area contributed by atoms with Crippen molar-refractivity contribution in [2.24, 2.45) is 0 Å². The molecular formula is C29H22N2O3. The molecule has 166 valence electrons. The van der Waals surface area contributed by atoms with Gasteiger partial charge in [-0.3, -0.25) is 9.59 Å². The van der Waals surface area contributed by atoms with Gasteiger partial charge in [0.05, 0.1) is 5.92 Å². The highest BCUT2D eigenvalue weighted by Crippen LogP contribution is 2.27. The number of benzene rings is 4. The number of nitrogens with one attached hydrogen (secondary N) is 2. The highest BCUT2D eigenvalue weighted by atomic mass is 16.3. The molecule has 1 aromatic heterocycles. The van der Waals surface area contributed by atoms with Crippen LogP contribution in [0.1, 0.15) is 27.6 Å². The van der Waals surface area contributed by atoms with E-state index < -0.39 is 5.92 Å². The molecule has 5 aromatic rings. The third kappa shape index (κ3) is 4.59. The van der Waals surface area contributed by atoms with Crippen molar-refractivity contribution in [3.05, 3.63) is 132 Å². The first-order chi connectivity index (χ1) is 16.7. The third-order valence-electron chi connectivity index (χ3n) is 5.59. The third-order valence-corrected chi connectivity index (χ3v) is 5.59. The minimum absolute atomic E-state index is 0.128. The molecule has 5 rings (SSSR count). The van der Waals surface area contributed by atoms with Crippen molar-refractivity contribution in [2.45, 2.75) is 5.92 Å². The van der Waals surface area contributed by atoms with Crippen LogP contribution in [-0.2, 0) is 4.79 Å². The van der Waals surface area contributed by atoms with Crippen molar-refractivity contribution in [1.29, 1.82) is 0 Å². The summed E-state index contributed by atoms with van der Waals surface area (Å²) in [5, 5.41) is 6.70. The summed E-state index contributed by atoms with van der Waals surface area (Å²) in [5.74, 6) is -0.653. The first-order valence-electron chi connectivity index (χ1n) is 11.0. The molecule has 0 unspecified atom stereocenters. The molecule has 0 bridgehead atoms. The van der Waals surface area contributed by atoms with Crippen LogP contribution in [0, 0.1) is 0 Å². The Kier molecular flexibility index (Phi) is 5.91. The number of furan rings is 1. The average molecular weight is 447 g/mol. The van der Waals surface area contributed by atoms with Gasteiger partial charge in [0.25, 0.3) is 5.91 Å². The van der Waals surface area contributed by atoms with E-state index >= 15 is 0 Å². The SMILES string of the molecule is O=C(Nc1ccc(NC(=O)C(c2ccccc2)c2ccccc2)cc1)c1cc2ccccc2o1. The lowest BCUT2D eigenvalue weighted by atomic mass is 9.90. The van der Waals surface area contributed by atoms with Crippen LogP contribution in [0.2, 0.25) is 0 Å². The number of fused-ring (bicyclic) bond motifs is 1. The van der Waals surface area contributed by atoms with E-state index in [0.717, 1.165) is 16.5 Å². The molecule has 0 saturated carbocycles. The van der Waals surface area contributed by atoms with E-state index in [-0.39, 0.29) is 17.6 Å². The number of carbonyl (C=O) groups excluding carboxylic acids is 2. The smallest absolute Gasteiger partial charge is 0.291 e. The van der Waals surface area contributed by atoms with Gasteiger partial charge >= 0.3 is 0 Å².